The molecule has 1 fully saturated rings. The molecular formula is C16H22F3NO3. The number of hydrogen-bond acceptors (Lipinski definition) is 3. The smallest absolute Gasteiger partial charge is 0.475 e. The Balaban J connectivity index is 0.000000322. The Labute approximate surface area is 133 Å². The number of alkyl halides is 3. The van der Waals surface area contributed by atoms with Gasteiger partial charge in [-0.25, -0.2) is 4.79 Å². The molecule has 2 rings (SSSR count). The van der Waals surface area contributed by atoms with Gasteiger partial charge in [0.25, 0.3) is 0 Å². The number of nitrogens with zero attached hydrogens (tertiary/aromatic N) is 1. The number of carboxylic acids is 1. The number of aliphatic carboxylic acids is 1. The van der Waals surface area contributed by atoms with Crippen molar-refractivity contribution in [2.24, 2.45) is 0 Å². The first kappa shape index (κ1) is 19.4. The molecule has 7 heteroatoms. The molecule has 0 spiro atoms. The normalized spacial score (nSPS) is 15.5. The molecule has 0 aliphatic carbocycles. The van der Waals surface area contributed by atoms with E-state index in [1.165, 1.54) is 24.8 Å². The van der Waals surface area contributed by atoms with Crippen molar-refractivity contribution < 1.29 is 27.9 Å². The molecule has 1 N–H and O–H groups in total. The third-order valence-corrected chi connectivity index (χ3v) is 3.38. The van der Waals surface area contributed by atoms with Gasteiger partial charge in [-0.2, -0.15) is 18.2 Å². The summed E-state index contributed by atoms with van der Waals surface area (Å²) < 4.78 is 31.7. The van der Waals surface area contributed by atoms with Crippen LogP contribution >= 0.6 is 0 Å². The Hall–Kier alpha value is -1.60. The molecule has 0 amide bonds. The number of hydroxylamine groups is 2. The van der Waals surface area contributed by atoms with E-state index in [1.807, 2.05) is 0 Å². The van der Waals surface area contributed by atoms with E-state index in [2.05, 4.69) is 42.3 Å². The van der Waals surface area contributed by atoms with Gasteiger partial charge in [-0.3, -0.25) is 4.84 Å². The number of rotatable bonds is 6. The molecule has 4 nitrogen and oxygen atoms in total. The van der Waals surface area contributed by atoms with Gasteiger partial charge in [0.05, 0.1) is 6.61 Å². The summed E-state index contributed by atoms with van der Waals surface area (Å²) in [6, 6.07) is 10.7. The zero-order valence-corrected chi connectivity index (χ0v) is 13.1. The van der Waals surface area contributed by atoms with Crippen LogP contribution in [0.1, 0.15) is 37.7 Å². The molecule has 0 aromatic heterocycles. The summed E-state index contributed by atoms with van der Waals surface area (Å²) in [7, 11) is 0. The van der Waals surface area contributed by atoms with Crippen LogP contribution in [0.3, 0.4) is 0 Å². The van der Waals surface area contributed by atoms with Crippen LogP contribution in [0.25, 0.3) is 0 Å². The van der Waals surface area contributed by atoms with Gasteiger partial charge >= 0.3 is 12.1 Å². The predicted molar refractivity (Wildman–Crippen MR) is 79.9 cm³/mol. The number of carboxylic acid groups (broad SMARTS) is 1. The van der Waals surface area contributed by atoms with E-state index in [4.69, 9.17) is 14.7 Å². The highest BCUT2D eigenvalue weighted by Crippen LogP contribution is 2.26. The summed E-state index contributed by atoms with van der Waals surface area (Å²) in [5.74, 6) is -2.08. The zero-order chi connectivity index (χ0) is 17.3. The predicted octanol–water partition coefficient (Wildman–Crippen LogP) is 3.84. The van der Waals surface area contributed by atoms with Crippen molar-refractivity contribution in [1.29, 1.82) is 0 Å². The van der Waals surface area contributed by atoms with Crippen LogP contribution in [-0.4, -0.2) is 42.0 Å². The largest absolute Gasteiger partial charge is 0.490 e. The average Bonchev–Trinajstić information content (AvgIpc) is 2.46. The van der Waals surface area contributed by atoms with E-state index in [1.54, 1.807) is 0 Å². The van der Waals surface area contributed by atoms with Crippen LogP contribution in [0.4, 0.5) is 13.2 Å². The molecule has 0 saturated carbocycles. The number of hydrogen-bond donors (Lipinski definition) is 1. The quantitative estimate of drug-likeness (QED) is 0.804. The summed E-state index contributed by atoms with van der Waals surface area (Å²) in [5.41, 5.74) is 1.44. The Bertz CT molecular complexity index is 459. The van der Waals surface area contributed by atoms with Crippen molar-refractivity contribution in [2.75, 3.05) is 19.7 Å². The summed E-state index contributed by atoms with van der Waals surface area (Å²) in [5, 5.41) is 9.22. The highest BCUT2D eigenvalue weighted by atomic mass is 19.4. The molecule has 1 aliphatic heterocycles. The average molecular weight is 333 g/mol. The van der Waals surface area contributed by atoms with Gasteiger partial charge in [-0.1, -0.05) is 50.1 Å². The standard InChI is InChI=1S/C14H21NO.C2HF3O2/c1-2-3-7-10-16-15-11-14(12-15)13-8-5-4-6-9-13;3-2(4,5)1(6)7/h4-6,8-9,14H,2-3,7,10-12H2,1H3;(H,6,7). The Kier molecular flexibility index (Phi) is 8.05. The van der Waals surface area contributed by atoms with Gasteiger partial charge in [0, 0.05) is 19.0 Å². The third-order valence-electron chi connectivity index (χ3n) is 3.38. The second-order valence-electron chi connectivity index (χ2n) is 5.30. The van der Waals surface area contributed by atoms with E-state index in [9.17, 15) is 13.2 Å². The van der Waals surface area contributed by atoms with Crippen molar-refractivity contribution in [1.82, 2.24) is 5.06 Å². The first-order valence-corrected chi connectivity index (χ1v) is 7.57. The lowest BCUT2D eigenvalue weighted by molar-refractivity contribution is -0.206. The highest BCUT2D eigenvalue weighted by molar-refractivity contribution is 5.73. The molecule has 0 atom stereocenters. The summed E-state index contributed by atoms with van der Waals surface area (Å²) in [6.07, 6.45) is -1.37. The van der Waals surface area contributed by atoms with Gasteiger partial charge in [0.2, 0.25) is 0 Å². The second kappa shape index (κ2) is 9.52. The van der Waals surface area contributed by atoms with Gasteiger partial charge in [0.1, 0.15) is 0 Å². The SMILES string of the molecule is CCCCCON1CC(c2ccccc2)C1.O=C(O)C(F)(F)F. The lowest BCUT2D eigenvalue weighted by Crippen LogP contribution is -2.44. The van der Waals surface area contributed by atoms with E-state index in [0.717, 1.165) is 19.7 Å². The summed E-state index contributed by atoms with van der Waals surface area (Å²) >= 11 is 0. The van der Waals surface area contributed by atoms with Gasteiger partial charge in [-0.15, -0.1) is 0 Å². The minimum Gasteiger partial charge on any atom is -0.475 e. The number of carbonyl (C=O) groups is 1. The fourth-order valence-electron chi connectivity index (χ4n) is 2.03. The summed E-state index contributed by atoms with van der Waals surface area (Å²) in [6.45, 7) is 5.21. The highest BCUT2D eigenvalue weighted by Gasteiger charge is 2.38. The maximum Gasteiger partial charge on any atom is 0.490 e. The molecule has 0 bridgehead atoms. The third kappa shape index (κ3) is 7.47. The van der Waals surface area contributed by atoms with Gasteiger partial charge in [0.15, 0.2) is 0 Å². The van der Waals surface area contributed by atoms with E-state index in [0.29, 0.717) is 5.92 Å². The molecule has 1 heterocycles. The Morgan fingerprint density at radius 2 is 1.83 bits per heavy atom. The van der Waals surface area contributed by atoms with Crippen LogP contribution < -0.4 is 0 Å². The molecule has 1 aromatic rings. The molecule has 0 radical (unpaired) electrons. The monoisotopic (exact) mass is 333 g/mol. The topological polar surface area (TPSA) is 49.8 Å². The van der Waals surface area contributed by atoms with Crippen LogP contribution in [0.15, 0.2) is 30.3 Å². The Morgan fingerprint density at radius 1 is 1.26 bits per heavy atom. The first-order valence-electron chi connectivity index (χ1n) is 7.57. The van der Waals surface area contributed by atoms with Crippen molar-refractivity contribution in [3.05, 3.63) is 35.9 Å². The van der Waals surface area contributed by atoms with Crippen molar-refractivity contribution in [3.63, 3.8) is 0 Å². The van der Waals surface area contributed by atoms with Crippen LogP contribution in [0, 0.1) is 0 Å². The molecular weight excluding hydrogens is 311 g/mol. The molecule has 130 valence electrons. The molecule has 1 aliphatic rings. The van der Waals surface area contributed by atoms with Gasteiger partial charge in [-0.05, 0) is 12.0 Å². The van der Waals surface area contributed by atoms with Gasteiger partial charge < -0.3 is 5.11 Å². The fraction of sp³-hybridized carbons (Fsp3) is 0.562. The lowest BCUT2D eigenvalue weighted by Gasteiger charge is -2.38. The Morgan fingerprint density at radius 3 is 2.30 bits per heavy atom. The molecule has 1 saturated heterocycles. The number of benzene rings is 1. The van der Waals surface area contributed by atoms with Crippen LogP contribution in [-0.2, 0) is 9.63 Å². The fourth-order valence-corrected chi connectivity index (χ4v) is 2.03. The van der Waals surface area contributed by atoms with E-state index < -0.39 is 12.1 Å². The number of halogens is 3. The van der Waals surface area contributed by atoms with E-state index in [-0.39, 0.29) is 0 Å². The van der Waals surface area contributed by atoms with Crippen LogP contribution in [0.5, 0.6) is 0 Å². The number of unbranched alkanes of at least 4 members (excludes halogenated alkanes) is 2. The molecule has 1 aromatic carbocycles. The zero-order valence-electron chi connectivity index (χ0n) is 13.1. The molecule has 0 unspecified atom stereocenters. The van der Waals surface area contributed by atoms with Crippen molar-refractivity contribution >= 4 is 5.97 Å². The maximum atomic E-state index is 10.6. The van der Waals surface area contributed by atoms with Crippen molar-refractivity contribution in [2.45, 2.75) is 38.3 Å². The van der Waals surface area contributed by atoms with Crippen LogP contribution in [0.2, 0.25) is 0 Å². The second-order valence-corrected chi connectivity index (χ2v) is 5.30. The lowest BCUT2D eigenvalue weighted by atomic mass is 9.93. The van der Waals surface area contributed by atoms with Crippen molar-refractivity contribution in [3.8, 4) is 0 Å². The molecule has 23 heavy (non-hydrogen) atoms. The maximum absolute atomic E-state index is 10.6. The minimum atomic E-state index is -5.08. The first-order chi connectivity index (χ1) is 10.8. The van der Waals surface area contributed by atoms with E-state index >= 15 is 0 Å². The minimum absolute atomic E-state index is 0.673. The summed E-state index contributed by atoms with van der Waals surface area (Å²) in [4.78, 5) is 14.6.